The number of amides is 1. The number of ether oxygens (including phenoxy) is 2. The van der Waals surface area contributed by atoms with Crippen LogP contribution in [-0.2, 0) is 4.79 Å². The Morgan fingerprint density at radius 2 is 1.96 bits per heavy atom. The summed E-state index contributed by atoms with van der Waals surface area (Å²) in [6.45, 7) is -0.290. The molecule has 0 spiro atoms. The van der Waals surface area contributed by atoms with E-state index in [1.54, 1.807) is 12.1 Å². The fourth-order valence-electron chi connectivity index (χ4n) is 1.82. The summed E-state index contributed by atoms with van der Waals surface area (Å²) in [7, 11) is 1.31. The van der Waals surface area contributed by atoms with Gasteiger partial charge in [0.2, 0.25) is 5.75 Å². The van der Waals surface area contributed by atoms with Gasteiger partial charge >= 0.3 is 5.69 Å². The largest absolute Gasteiger partial charge is 0.490 e. The lowest BCUT2D eigenvalue weighted by molar-refractivity contribution is -0.385. The van der Waals surface area contributed by atoms with Gasteiger partial charge in [-0.1, -0.05) is 23.2 Å². The Balaban J connectivity index is 1.98. The predicted octanol–water partition coefficient (Wildman–Crippen LogP) is 3.93. The quantitative estimate of drug-likeness (QED) is 0.614. The molecule has 0 radical (unpaired) electrons. The number of hydrogen-bond donors (Lipinski definition) is 1. The highest BCUT2D eigenvalue weighted by molar-refractivity contribution is 6.42. The number of rotatable bonds is 6. The molecule has 2 rings (SSSR count). The van der Waals surface area contributed by atoms with E-state index < -0.39 is 10.8 Å². The second-order valence-electron chi connectivity index (χ2n) is 4.56. The maximum absolute atomic E-state index is 11.9. The monoisotopic (exact) mass is 370 g/mol. The van der Waals surface area contributed by atoms with Gasteiger partial charge < -0.3 is 14.8 Å². The zero-order valence-electron chi connectivity index (χ0n) is 12.4. The molecule has 0 aliphatic heterocycles. The van der Waals surface area contributed by atoms with Gasteiger partial charge in [-0.3, -0.25) is 14.9 Å². The Kier molecular flexibility index (Phi) is 5.83. The number of carbonyl (C=O) groups is 1. The number of anilines is 1. The molecule has 0 aliphatic rings. The number of methoxy groups -OCH3 is 1. The van der Waals surface area contributed by atoms with Crippen molar-refractivity contribution in [3.63, 3.8) is 0 Å². The van der Waals surface area contributed by atoms with Crippen molar-refractivity contribution in [3.05, 3.63) is 56.6 Å². The van der Waals surface area contributed by atoms with Gasteiger partial charge in [-0.25, -0.2) is 0 Å². The molecule has 0 saturated heterocycles. The standard InChI is InChI=1S/C15H12Cl2N2O5/c1-23-14-7-10(3-5-13(14)19(21)22)24-8-15(20)18-9-2-4-11(16)12(17)6-9/h2-7H,8H2,1H3,(H,18,20). The lowest BCUT2D eigenvalue weighted by atomic mass is 10.3. The summed E-state index contributed by atoms with van der Waals surface area (Å²) in [6, 6.07) is 8.63. The van der Waals surface area contributed by atoms with Crippen molar-refractivity contribution in [2.45, 2.75) is 0 Å². The van der Waals surface area contributed by atoms with Gasteiger partial charge in [0.05, 0.1) is 22.1 Å². The van der Waals surface area contributed by atoms with Crippen LogP contribution in [0.1, 0.15) is 0 Å². The van der Waals surface area contributed by atoms with E-state index in [0.29, 0.717) is 15.7 Å². The molecule has 0 fully saturated rings. The molecule has 0 saturated carbocycles. The number of carbonyl (C=O) groups excluding carboxylic acids is 1. The maximum Gasteiger partial charge on any atom is 0.311 e. The minimum Gasteiger partial charge on any atom is -0.490 e. The third-order valence-electron chi connectivity index (χ3n) is 2.92. The topological polar surface area (TPSA) is 90.7 Å². The first-order valence-corrected chi connectivity index (χ1v) is 7.36. The van der Waals surface area contributed by atoms with Crippen LogP contribution in [0.3, 0.4) is 0 Å². The van der Waals surface area contributed by atoms with Gasteiger partial charge in [0, 0.05) is 17.8 Å². The summed E-state index contributed by atoms with van der Waals surface area (Å²) in [5.74, 6) is -0.116. The maximum atomic E-state index is 11.9. The van der Waals surface area contributed by atoms with E-state index >= 15 is 0 Å². The van der Waals surface area contributed by atoms with Gasteiger partial charge in [-0.2, -0.15) is 0 Å². The molecule has 0 bridgehead atoms. The highest BCUT2D eigenvalue weighted by atomic mass is 35.5. The van der Waals surface area contributed by atoms with Crippen molar-refractivity contribution in [2.24, 2.45) is 0 Å². The van der Waals surface area contributed by atoms with E-state index in [0.717, 1.165) is 0 Å². The zero-order valence-corrected chi connectivity index (χ0v) is 13.9. The van der Waals surface area contributed by atoms with E-state index in [9.17, 15) is 14.9 Å². The molecule has 126 valence electrons. The second-order valence-corrected chi connectivity index (χ2v) is 5.37. The highest BCUT2D eigenvalue weighted by Crippen LogP contribution is 2.30. The van der Waals surface area contributed by atoms with Crippen molar-refractivity contribution in [1.82, 2.24) is 0 Å². The van der Waals surface area contributed by atoms with E-state index in [4.69, 9.17) is 32.7 Å². The Labute approximate surface area is 147 Å². The minimum atomic E-state index is -0.570. The highest BCUT2D eigenvalue weighted by Gasteiger charge is 2.15. The first-order valence-electron chi connectivity index (χ1n) is 6.61. The van der Waals surface area contributed by atoms with Gasteiger partial charge in [-0.05, 0) is 24.3 Å². The van der Waals surface area contributed by atoms with Crippen LogP contribution in [0, 0.1) is 10.1 Å². The van der Waals surface area contributed by atoms with Crippen LogP contribution in [0.2, 0.25) is 10.0 Å². The molecule has 0 heterocycles. The number of nitro benzene ring substituents is 1. The van der Waals surface area contributed by atoms with E-state index in [-0.39, 0.29) is 23.8 Å². The molecular formula is C15H12Cl2N2O5. The first kappa shape index (κ1) is 17.8. The fourth-order valence-corrected chi connectivity index (χ4v) is 2.12. The van der Waals surface area contributed by atoms with E-state index in [1.807, 2.05) is 0 Å². The van der Waals surface area contributed by atoms with Gasteiger partial charge in [0.25, 0.3) is 5.91 Å². The predicted molar refractivity (Wildman–Crippen MR) is 90.2 cm³/mol. The molecule has 1 amide bonds. The first-order chi connectivity index (χ1) is 11.4. The molecule has 1 N–H and O–H groups in total. The minimum absolute atomic E-state index is 0.0439. The Hall–Kier alpha value is -2.51. The van der Waals surface area contributed by atoms with Crippen molar-refractivity contribution < 1.29 is 19.2 Å². The molecular weight excluding hydrogens is 359 g/mol. The lowest BCUT2D eigenvalue weighted by Crippen LogP contribution is -2.20. The molecule has 0 atom stereocenters. The van der Waals surface area contributed by atoms with Crippen molar-refractivity contribution in [1.29, 1.82) is 0 Å². The third kappa shape index (κ3) is 4.50. The Morgan fingerprint density at radius 1 is 1.21 bits per heavy atom. The summed E-state index contributed by atoms with van der Waals surface area (Å²) >= 11 is 11.7. The van der Waals surface area contributed by atoms with Crippen LogP contribution in [-0.4, -0.2) is 24.5 Å². The SMILES string of the molecule is COc1cc(OCC(=O)Nc2ccc(Cl)c(Cl)c2)ccc1[N+](=O)[O-]. The molecule has 0 unspecified atom stereocenters. The normalized spacial score (nSPS) is 10.1. The number of benzene rings is 2. The van der Waals surface area contributed by atoms with Crippen LogP contribution in [0.15, 0.2) is 36.4 Å². The summed E-state index contributed by atoms with van der Waals surface area (Å²) in [4.78, 5) is 22.1. The van der Waals surface area contributed by atoms with Gasteiger partial charge in [0.15, 0.2) is 6.61 Å². The Morgan fingerprint density at radius 3 is 2.58 bits per heavy atom. The van der Waals surface area contributed by atoms with Crippen LogP contribution >= 0.6 is 23.2 Å². The fraction of sp³-hybridized carbons (Fsp3) is 0.133. The molecule has 24 heavy (non-hydrogen) atoms. The van der Waals surface area contributed by atoms with E-state index in [2.05, 4.69) is 5.32 Å². The van der Waals surface area contributed by atoms with Crippen molar-refractivity contribution in [3.8, 4) is 11.5 Å². The molecule has 0 aliphatic carbocycles. The molecule has 7 nitrogen and oxygen atoms in total. The summed E-state index contributed by atoms with van der Waals surface area (Å²) < 4.78 is 10.2. The molecule has 2 aromatic carbocycles. The molecule has 2 aromatic rings. The third-order valence-corrected chi connectivity index (χ3v) is 3.66. The number of nitro groups is 1. The zero-order chi connectivity index (χ0) is 17.7. The molecule has 9 heteroatoms. The van der Waals surface area contributed by atoms with Crippen LogP contribution in [0.5, 0.6) is 11.5 Å². The van der Waals surface area contributed by atoms with Crippen LogP contribution in [0.25, 0.3) is 0 Å². The second kappa shape index (κ2) is 7.85. The van der Waals surface area contributed by atoms with E-state index in [1.165, 1.54) is 31.4 Å². The van der Waals surface area contributed by atoms with Crippen molar-refractivity contribution >= 4 is 40.5 Å². The summed E-state index contributed by atoms with van der Waals surface area (Å²) in [6.07, 6.45) is 0. The Bertz CT molecular complexity index is 782. The van der Waals surface area contributed by atoms with Crippen LogP contribution < -0.4 is 14.8 Å². The smallest absolute Gasteiger partial charge is 0.311 e. The average molecular weight is 371 g/mol. The van der Waals surface area contributed by atoms with Crippen molar-refractivity contribution in [2.75, 3.05) is 19.0 Å². The van der Waals surface area contributed by atoms with Gasteiger partial charge in [-0.15, -0.1) is 0 Å². The van der Waals surface area contributed by atoms with Crippen LogP contribution in [0.4, 0.5) is 11.4 Å². The summed E-state index contributed by atoms with van der Waals surface area (Å²) in [5, 5.41) is 14.1. The van der Waals surface area contributed by atoms with Gasteiger partial charge in [0.1, 0.15) is 5.75 Å². The number of halogens is 2. The summed E-state index contributed by atoms with van der Waals surface area (Å²) in [5.41, 5.74) is 0.282. The lowest BCUT2D eigenvalue weighted by Gasteiger charge is -2.09. The molecule has 0 aromatic heterocycles. The number of nitrogens with zero attached hydrogens (tertiary/aromatic N) is 1. The average Bonchev–Trinajstić information content (AvgIpc) is 2.56. The number of hydrogen-bond acceptors (Lipinski definition) is 5. The number of nitrogens with one attached hydrogen (secondary N) is 1.